The summed E-state index contributed by atoms with van der Waals surface area (Å²) in [5.41, 5.74) is 1.36. The van der Waals surface area contributed by atoms with Crippen molar-refractivity contribution in [2.75, 3.05) is 5.32 Å². The van der Waals surface area contributed by atoms with Crippen LogP contribution in [-0.4, -0.2) is 17.1 Å². The molecule has 0 spiro atoms. The quantitative estimate of drug-likeness (QED) is 0.828. The number of halogens is 1. The normalized spacial score (nSPS) is 12.6. The first kappa shape index (κ1) is 12.5. The third kappa shape index (κ3) is 2.95. The second kappa shape index (κ2) is 4.96. The molecule has 1 atom stereocenters. The number of anilines is 1. The van der Waals surface area contributed by atoms with E-state index in [2.05, 4.69) is 5.32 Å². The molecule has 1 aromatic carbocycles. The zero-order valence-corrected chi connectivity index (χ0v) is 9.62. The molecular weight excluding hydrogens is 209 g/mol. The van der Waals surface area contributed by atoms with Gasteiger partial charge in [-0.3, -0.25) is 0 Å². The maximum Gasteiger partial charge on any atom is 0.326 e. The fourth-order valence-corrected chi connectivity index (χ4v) is 1.47. The van der Waals surface area contributed by atoms with Crippen molar-refractivity contribution >= 4 is 11.7 Å². The van der Waals surface area contributed by atoms with Crippen molar-refractivity contribution in [3.8, 4) is 0 Å². The fourth-order valence-electron chi connectivity index (χ4n) is 1.47. The molecule has 0 radical (unpaired) electrons. The molecule has 3 nitrogen and oxygen atoms in total. The van der Waals surface area contributed by atoms with Crippen molar-refractivity contribution in [3.63, 3.8) is 0 Å². The topological polar surface area (TPSA) is 49.3 Å². The van der Waals surface area contributed by atoms with E-state index in [1.807, 2.05) is 13.8 Å². The summed E-state index contributed by atoms with van der Waals surface area (Å²) in [7, 11) is 0. The molecule has 0 aliphatic heterocycles. The standard InChI is InChI=1S/C12H16FNO2/c1-7(2)11(12(15)16)14-10-5-4-9(13)6-8(10)3/h4-7,11,14H,1-3H3,(H,15,16)/t11-/m0/s1. The number of aryl methyl sites for hydroxylation is 1. The van der Waals surface area contributed by atoms with Crippen LogP contribution in [0.1, 0.15) is 19.4 Å². The Kier molecular flexibility index (Phi) is 3.88. The van der Waals surface area contributed by atoms with Crippen LogP contribution in [0.15, 0.2) is 18.2 Å². The number of aliphatic carboxylic acids is 1. The number of carbonyl (C=O) groups is 1. The largest absolute Gasteiger partial charge is 0.480 e. The molecule has 1 rings (SSSR count). The highest BCUT2D eigenvalue weighted by Gasteiger charge is 2.21. The summed E-state index contributed by atoms with van der Waals surface area (Å²) in [6, 6.07) is 3.59. The molecule has 2 N–H and O–H groups in total. The lowest BCUT2D eigenvalue weighted by molar-refractivity contribution is -0.138. The Labute approximate surface area is 94.3 Å². The summed E-state index contributed by atoms with van der Waals surface area (Å²) in [6.07, 6.45) is 0. The maximum atomic E-state index is 12.9. The number of hydrogen-bond donors (Lipinski definition) is 2. The Balaban J connectivity index is 2.90. The van der Waals surface area contributed by atoms with E-state index in [0.29, 0.717) is 11.3 Å². The van der Waals surface area contributed by atoms with Crippen molar-refractivity contribution in [1.82, 2.24) is 0 Å². The predicted octanol–water partition coefficient (Wildman–Crippen LogP) is 2.66. The second-order valence-electron chi connectivity index (χ2n) is 4.16. The van der Waals surface area contributed by atoms with E-state index in [9.17, 15) is 9.18 Å². The van der Waals surface area contributed by atoms with Crippen LogP contribution in [0.2, 0.25) is 0 Å². The molecule has 0 amide bonds. The second-order valence-corrected chi connectivity index (χ2v) is 4.16. The van der Waals surface area contributed by atoms with Crippen LogP contribution in [-0.2, 0) is 4.79 Å². The van der Waals surface area contributed by atoms with Gasteiger partial charge < -0.3 is 10.4 Å². The minimum Gasteiger partial charge on any atom is -0.480 e. The molecule has 4 heteroatoms. The van der Waals surface area contributed by atoms with Gasteiger partial charge in [0.25, 0.3) is 0 Å². The molecule has 0 fully saturated rings. The molecule has 0 saturated carbocycles. The average molecular weight is 225 g/mol. The monoisotopic (exact) mass is 225 g/mol. The molecule has 0 unspecified atom stereocenters. The van der Waals surface area contributed by atoms with Gasteiger partial charge in [0.2, 0.25) is 0 Å². The summed E-state index contributed by atoms with van der Waals surface area (Å²) in [5.74, 6) is -1.26. The van der Waals surface area contributed by atoms with Gasteiger partial charge in [-0.2, -0.15) is 0 Å². The number of carboxylic acids is 1. The summed E-state index contributed by atoms with van der Waals surface area (Å²) in [6.45, 7) is 5.39. The molecule has 0 aliphatic carbocycles. The summed E-state index contributed by atoms with van der Waals surface area (Å²) in [4.78, 5) is 11.0. The van der Waals surface area contributed by atoms with Crippen LogP contribution < -0.4 is 5.32 Å². The highest BCUT2D eigenvalue weighted by atomic mass is 19.1. The highest BCUT2D eigenvalue weighted by molar-refractivity contribution is 5.78. The number of carboxylic acid groups (broad SMARTS) is 1. The lowest BCUT2D eigenvalue weighted by Crippen LogP contribution is -2.34. The van der Waals surface area contributed by atoms with E-state index in [4.69, 9.17) is 5.11 Å². The number of rotatable bonds is 4. The molecular formula is C12H16FNO2. The van der Waals surface area contributed by atoms with Gasteiger partial charge in [0.05, 0.1) is 0 Å². The lowest BCUT2D eigenvalue weighted by atomic mass is 10.0. The average Bonchev–Trinajstić information content (AvgIpc) is 2.15. The van der Waals surface area contributed by atoms with Gasteiger partial charge in [-0.1, -0.05) is 13.8 Å². The van der Waals surface area contributed by atoms with E-state index in [1.165, 1.54) is 12.1 Å². The van der Waals surface area contributed by atoms with Crippen molar-refractivity contribution in [2.45, 2.75) is 26.8 Å². The first-order valence-electron chi connectivity index (χ1n) is 5.17. The van der Waals surface area contributed by atoms with E-state index in [1.54, 1.807) is 13.0 Å². The first-order chi connectivity index (χ1) is 7.41. The molecule has 0 aromatic heterocycles. The lowest BCUT2D eigenvalue weighted by Gasteiger charge is -2.20. The number of hydrogen-bond acceptors (Lipinski definition) is 2. The first-order valence-corrected chi connectivity index (χ1v) is 5.17. The van der Waals surface area contributed by atoms with Crippen molar-refractivity contribution in [2.24, 2.45) is 5.92 Å². The van der Waals surface area contributed by atoms with Gasteiger partial charge in [0.15, 0.2) is 0 Å². The summed E-state index contributed by atoms with van der Waals surface area (Å²) >= 11 is 0. The van der Waals surface area contributed by atoms with Crippen LogP contribution in [0, 0.1) is 18.7 Å². The predicted molar refractivity (Wildman–Crippen MR) is 61.0 cm³/mol. The molecule has 1 aromatic rings. The van der Waals surface area contributed by atoms with Gasteiger partial charge in [-0.15, -0.1) is 0 Å². The van der Waals surface area contributed by atoms with E-state index in [-0.39, 0.29) is 11.7 Å². The van der Waals surface area contributed by atoms with Gasteiger partial charge in [-0.05, 0) is 36.6 Å². The van der Waals surface area contributed by atoms with Crippen LogP contribution in [0.4, 0.5) is 10.1 Å². The van der Waals surface area contributed by atoms with Crippen molar-refractivity contribution < 1.29 is 14.3 Å². The Bertz CT molecular complexity index is 391. The molecule has 0 aliphatic rings. The number of nitrogens with one attached hydrogen (secondary N) is 1. The SMILES string of the molecule is Cc1cc(F)ccc1N[C@H](C(=O)O)C(C)C. The van der Waals surface area contributed by atoms with E-state index < -0.39 is 12.0 Å². The van der Waals surface area contributed by atoms with Crippen molar-refractivity contribution in [1.29, 1.82) is 0 Å². The van der Waals surface area contributed by atoms with E-state index in [0.717, 1.165) is 0 Å². The fraction of sp³-hybridized carbons (Fsp3) is 0.417. The number of benzene rings is 1. The molecule has 0 bridgehead atoms. The van der Waals surface area contributed by atoms with Gasteiger partial charge in [0.1, 0.15) is 11.9 Å². The zero-order valence-electron chi connectivity index (χ0n) is 9.62. The van der Waals surface area contributed by atoms with Gasteiger partial charge in [-0.25, -0.2) is 9.18 Å². The Morgan fingerprint density at radius 1 is 1.44 bits per heavy atom. The van der Waals surface area contributed by atoms with E-state index >= 15 is 0 Å². The summed E-state index contributed by atoms with van der Waals surface area (Å²) < 4.78 is 12.9. The zero-order chi connectivity index (χ0) is 12.3. The maximum absolute atomic E-state index is 12.9. The van der Waals surface area contributed by atoms with Crippen molar-refractivity contribution in [3.05, 3.63) is 29.6 Å². The van der Waals surface area contributed by atoms with Crippen LogP contribution in [0.5, 0.6) is 0 Å². The Morgan fingerprint density at radius 3 is 2.50 bits per heavy atom. The van der Waals surface area contributed by atoms with Gasteiger partial charge >= 0.3 is 5.97 Å². The Morgan fingerprint density at radius 2 is 2.06 bits per heavy atom. The van der Waals surface area contributed by atoms with Crippen LogP contribution in [0.3, 0.4) is 0 Å². The molecule has 0 heterocycles. The third-order valence-corrected chi connectivity index (χ3v) is 2.43. The minimum atomic E-state index is -0.904. The molecule has 88 valence electrons. The van der Waals surface area contributed by atoms with Crippen LogP contribution in [0.25, 0.3) is 0 Å². The third-order valence-electron chi connectivity index (χ3n) is 2.43. The van der Waals surface area contributed by atoms with Gasteiger partial charge in [0, 0.05) is 5.69 Å². The smallest absolute Gasteiger partial charge is 0.326 e. The Hall–Kier alpha value is -1.58. The molecule has 16 heavy (non-hydrogen) atoms. The minimum absolute atomic E-state index is 0.0399. The highest BCUT2D eigenvalue weighted by Crippen LogP contribution is 2.18. The summed E-state index contributed by atoms with van der Waals surface area (Å²) in [5, 5.41) is 11.9. The van der Waals surface area contributed by atoms with Crippen LogP contribution >= 0.6 is 0 Å². The molecule has 0 saturated heterocycles.